The number of rotatable bonds is 1. The Kier molecular flexibility index (Phi) is 2.68. The SMILES string of the molecule is Cc1nc(N)cc(-c2ccc(Br)cc2)n1. The van der Waals surface area contributed by atoms with E-state index in [1.165, 1.54) is 0 Å². The number of aromatic nitrogens is 2. The van der Waals surface area contributed by atoms with Crippen LogP contribution in [0.15, 0.2) is 34.8 Å². The van der Waals surface area contributed by atoms with Gasteiger partial charge in [0.05, 0.1) is 5.69 Å². The van der Waals surface area contributed by atoms with E-state index in [0.717, 1.165) is 15.7 Å². The van der Waals surface area contributed by atoms with Gasteiger partial charge in [0.2, 0.25) is 0 Å². The van der Waals surface area contributed by atoms with Crippen molar-refractivity contribution in [2.24, 2.45) is 0 Å². The summed E-state index contributed by atoms with van der Waals surface area (Å²) in [5.74, 6) is 1.19. The maximum absolute atomic E-state index is 5.67. The minimum atomic E-state index is 0.500. The fourth-order valence-corrected chi connectivity index (χ4v) is 1.62. The molecule has 0 amide bonds. The summed E-state index contributed by atoms with van der Waals surface area (Å²) in [4.78, 5) is 8.36. The van der Waals surface area contributed by atoms with Gasteiger partial charge in [0, 0.05) is 16.1 Å². The molecule has 0 fully saturated rings. The highest BCUT2D eigenvalue weighted by atomic mass is 79.9. The van der Waals surface area contributed by atoms with Gasteiger partial charge in [0.25, 0.3) is 0 Å². The third kappa shape index (κ3) is 2.33. The lowest BCUT2D eigenvalue weighted by Crippen LogP contribution is -1.97. The lowest BCUT2D eigenvalue weighted by Gasteiger charge is -2.03. The molecular formula is C11H10BrN3. The van der Waals surface area contributed by atoms with E-state index in [4.69, 9.17) is 5.73 Å². The summed E-state index contributed by atoms with van der Waals surface area (Å²) in [6, 6.07) is 9.71. The second kappa shape index (κ2) is 3.98. The molecule has 0 aliphatic rings. The first-order valence-corrected chi connectivity index (χ1v) is 5.31. The zero-order valence-corrected chi connectivity index (χ0v) is 9.82. The maximum Gasteiger partial charge on any atom is 0.128 e. The molecule has 4 heteroatoms. The van der Waals surface area contributed by atoms with Crippen LogP contribution in [0, 0.1) is 6.92 Å². The summed E-state index contributed by atoms with van der Waals surface area (Å²) < 4.78 is 1.05. The van der Waals surface area contributed by atoms with Crippen LogP contribution in [0.25, 0.3) is 11.3 Å². The van der Waals surface area contributed by atoms with Gasteiger partial charge < -0.3 is 5.73 Å². The van der Waals surface area contributed by atoms with Crippen molar-refractivity contribution in [2.45, 2.75) is 6.92 Å². The standard InChI is InChI=1S/C11H10BrN3/c1-7-14-10(6-11(13)15-7)8-2-4-9(12)5-3-8/h2-6H,1H3,(H2,13,14,15). The summed E-state index contributed by atoms with van der Waals surface area (Å²) in [6.07, 6.45) is 0. The van der Waals surface area contributed by atoms with Crippen molar-refractivity contribution in [3.05, 3.63) is 40.6 Å². The molecular weight excluding hydrogens is 254 g/mol. The van der Waals surface area contributed by atoms with Gasteiger partial charge in [-0.3, -0.25) is 0 Å². The van der Waals surface area contributed by atoms with Gasteiger partial charge in [0.15, 0.2) is 0 Å². The normalized spacial score (nSPS) is 10.3. The Labute approximate surface area is 96.5 Å². The lowest BCUT2D eigenvalue weighted by atomic mass is 10.1. The Bertz CT molecular complexity index is 459. The van der Waals surface area contributed by atoms with E-state index in [2.05, 4.69) is 25.9 Å². The van der Waals surface area contributed by atoms with E-state index in [0.29, 0.717) is 11.6 Å². The molecule has 76 valence electrons. The number of benzene rings is 1. The topological polar surface area (TPSA) is 51.8 Å². The van der Waals surface area contributed by atoms with E-state index < -0.39 is 0 Å². The van der Waals surface area contributed by atoms with Gasteiger partial charge in [-0.2, -0.15) is 0 Å². The lowest BCUT2D eigenvalue weighted by molar-refractivity contribution is 1.07. The minimum Gasteiger partial charge on any atom is -0.384 e. The third-order valence-corrected chi connectivity index (χ3v) is 2.53. The van der Waals surface area contributed by atoms with Crippen molar-refractivity contribution in [1.29, 1.82) is 0 Å². The number of anilines is 1. The van der Waals surface area contributed by atoms with Gasteiger partial charge in [-0.15, -0.1) is 0 Å². The smallest absolute Gasteiger partial charge is 0.128 e. The van der Waals surface area contributed by atoms with Gasteiger partial charge in [-0.1, -0.05) is 28.1 Å². The molecule has 0 radical (unpaired) electrons. The summed E-state index contributed by atoms with van der Waals surface area (Å²) >= 11 is 3.39. The van der Waals surface area contributed by atoms with Gasteiger partial charge in [0.1, 0.15) is 11.6 Å². The van der Waals surface area contributed by atoms with Gasteiger partial charge in [-0.05, 0) is 19.1 Å². The molecule has 0 spiro atoms. The molecule has 1 heterocycles. The average molecular weight is 264 g/mol. The molecule has 0 bridgehead atoms. The van der Waals surface area contributed by atoms with Crippen molar-refractivity contribution in [1.82, 2.24) is 9.97 Å². The first-order chi connectivity index (χ1) is 7.15. The fraction of sp³-hybridized carbons (Fsp3) is 0.0909. The Morgan fingerprint density at radius 3 is 2.40 bits per heavy atom. The highest BCUT2D eigenvalue weighted by Crippen LogP contribution is 2.20. The molecule has 0 saturated carbocycles. The van der Waals surface area contributed by atoms with E-state index in [1.807, 2.05) is 31.2 Å². The van der Waals surface area contributed by atoms with E-state index >= 15 is 0 Å². The zero-order valence-electron chi connectivity index (χ0n) is 8.24. The van der Waals surface area contributed by atoms with Crippen molar-refractivity contribution in [3.63, 3.8) is 0 Å². The predicted octanol–water partition coefficient (Wildman–Crippen LogP) is 2.80. The largest absolute Gasteiger partial charge is 0.384 e. The number of nitrogen functional groups attached to an aromatic ring is 1. The Morgan fingerprint density at radius 2 is 1.80 bits per heavy atom. The van der Waals surface area contributed by atoms with Crippen LogP contribution in [-0.2, 0) is 0 Å². The number of hydrogen-bond acceptors (Lipinski definition) is 3. The van der Waals surface area contributed by atoms with Crippen LogP contribution >= 0.6 is 15.9 Å². The number of hydrogen-bond donors (Lipinski definition) is 1. The predicted molar refractivity (Wildman–Crippen MR) is 64.3 cm³/mol. The molecule has 3 nitrogen and oxygen atoms in total. The monoisotopic (exact) mass is 263 g/mol. The Balaban J connectivity index is 2.49. The van der Waals surface area contributed by atoms with Crippen LogP contribution in [0.1, 0.15) is 5.82 Å². The fourth-order valence-electron chi connectivity index (χ4n) is 1.36. The van der Waals surface area contributed by atoms with Crippen LogP contribution in [0.2, 0.25) is 0 Å². The Hall–Kier alpha value is -1.42. The van der Waals surface area contributed by atoms with Gasteiger partial charge in [-0.25, -0.2) is 9.97 Å². The molecule has 2 aromatic rings. The highest BCUT2D eigenvalue weighted by Gasteiger charge is 2.01. The van der Waals surface area contributed by atoms with Crippen LogP contribution in [-0.4, -0.2) is 9.97 Å². The van der Waals surface area contributed by atoms with Crippen molar-refractivity contribution in [3.8, 4) is 11.3 Å². The number of aryl methyl sites for hydroxylation is 1. The van der Waals surface area contributed by atoms with E-state index in [1.54, 1.807) is 6.07 Å². The molecule has 2 N–H and O–H groups in total. The van der Waals surface area contributed by atoms with Gasteiger partial charge >= 0.3 is 0 Å². The molecule has 0 unspecified atom stereocenters. The van der Waals surface area contributed by atoms with Crippen LogP contribution in [0.3, 0.4) is 0 Å². The zero-order chi connectivity index (χ0) is 10.8. The summed E-state index contributed by atoms with van der Waals surface area (Å²) in [7, 11) is 0. The summed E-state index contributed by atoms with van der Waals surface area (Å²) in [5.41, 5.74) is 7.56. The van der Waals surface area contributed by atoms with Crippen molar-refractivity contribution >= 4 is 21.7 Å². The molecule has 0 aliphatic carbocycles. The van der Waals surface area contributed by atoms with Crippen LogP contribution < -0.4 is 5.73 Å². The molecule has 0 saturated heterocycles. The molecule has 15 heavy (non-hydrogen) atoms. The summed E-state index contributed by atoms with van der Waals surface area (Å²) in [6.45, 7) is 1.83. The third-order valence-electron chi connectivity index (χ3n) is 2.00. The molecule has 1 aromatic carbocycles. The maximum atomic E-state index is 5.67. The minimum absolute atomic E-state index is 0.500. The molecule has 0 aliphatic heterocycles. The molecule has 2 rings (SSSR count). The molecule has 1 aromatic heterocycles. The van der Waals surface area contributed by atoms with Crippen LogP contribution in [0.5, 0.6) is 0 Å². The van der Waals surface area contributed by atoms with Crippen LogP contribution in [0.4, 0.5) is 5.82 Å². The second-order valence-corrected chi connectivity index (χ2v) is 4.15. The summed E-state index contributed by atoms with van der Waals surface area (Å²) in [5, 5.41) is 0. The first-order valence-electron chi connectivity index (χ1n) is 4.52. The number of halogens is 1. The Morgan fingerprint density at radius 1 is 1.13 bits per heavy atom. The number of nitrogens with zero attached hydrogens (tertiary/aromatic N) is 2. The highest BCUT2D eigenvalue weighted by molar-refractivity contribution is 9.10. The van der Waals surface area contributed by atoms with Crippen molar-refractivity contribution < 1.29 is 0 Å². The number of nitrogens with two attached hydrogens (primary N) is 1. The first kappa shape index (κ1) is 10.1. The second-order valence-electron chi connectivity index (χ2n) is 3.23. The average Bonchev–Trinajstić information content (AvgIpc) is 2.17. The van der Waals surface area contributed by atoms with E-state index in [-0.39, 0.29) is 0 Å². The quantitative estimate of drug-likeness (QED) is 0.861. The van der Waals surface area contributed by atoms with E-state index in [9.17, 15) is 0 Å². The van der Waals surface area contributed by atoms with Crippen molar-refractivity contribution in [2.75, 3.05) is 5.73 Å². The molecule has 0 atom stereocenters.